The first-order valence-corrected chi connectivity index (χ1v) is 15.5. The molecule has 46 heavy (non-hydrogen) atoms. The van der Waals surface area contributed by atoms with E-state index in [-0.39, 0.29) is 34.4 Å². The molecule has 2 aliphatic heterocycles. The monoisotopic (exact) mass is 624 g/mol. The number of morpholine rings is 1. The zero-order valence-electron chi connectivity index (χ0n) is 26.0. The van der Waals surface area contributed by atoms with Gasteiger partial charge in [-0.25, -0.2) is 19.0 Å². The number of benzene rings is 2. The zero-order chi connectivity index (χ0) is 32.3. The number of amides is 1. The Morgan fingerprint density at radius 1 is 1.15 bits per heavy atom. The summed E-state index contributed by atoms with van der Waals surface area (Å²) in [4.78, 5) is 26.3. The van der Waals surface area contributed by atoms with Crippen LogP contribution in [0.15, 0.2) is 66.5 Å². The van der Waals surface area contributed by atoms with E-state index in [1.54, 1.807) is 39.9 Å². The second-order valence-electron chi connectivity index (χ2n) is 12.2. The molecule has 6 rings (SSSR count). The number of nitriles is 1. The average molecular weight is 625 g/mol. The predicted octanol–water partition coefficient (Wildman–Crippen LogP) is 4.95. The van der Waals surface area contributed by atoms with Crippen LogP contribution in [0.2, 0.25) is 0 Å². The number of fused-ring (bicyclic) bond motifs is 1. The third kappa shape index (κ3) is 6.42. The molecule has 11 nitrogen and oxygen atoms in total. The second-order valence-corrected chi connectivity index (χ2v) is 12.2. The number of rotatable bonds is 9. The van der Waals surface area contributed by atoms with E-state index in [0.29, 0.717) is 61.0 Å². The van der Waals surface area contributed by atoms with E-state index < -0.39 is 5.82 Å². The Kier molecular flexibility index (Phi) is 8.96. The molecule has 0 unspecified atom stereocenters. The summed E-state index contributed by atoms with van der Waals surface area (Å²) >= 11 is 0. The highest BCUT2D eigenvalue weighted by Gasteiger charge is 2.33. The van der Waals surface area contributed by atoms with E-state index >= 15 is 4.39 Å². The molecule has 12 heteroatoms. The summed E-state index contributed by atoms with van der Waals surface area (Å²) in [5.41, 5.74) is 7.16. The maximum Gasteiger partial charge on any atom is 0.264 e. The number of nitrogens with zero attached hydrogens (tertiary/aromatic N) is 7. The molecule has 0 radical (unpaired) electrons. The van der Waals surface area contributed by atoms with Crippen LogP contribution >= 0.6 is 0 Å². The summed E-state index contributed by atoms with van der Waals surface area (Å²) in [5, 5.41) is 15.2. The fourth-order valence-electron chi connectivity index (χ4n) is 6.20. The van der Waals surface area contributed by atoms with E-state index in [0.717, 1.165) is 25.9 Å². The summed E-state index contributed by atoms with van der Waals surface area (Å²) in [5.74, 6) is 0.272. The Labute approximate surface area is 267 Å². The lowest BCUT2D eigenvalue weighted by Gasteiger charge is -2.40. The van der Waals surface area contributed by atoms with Crippen LogP contribution in [0.1, 0.15) is 33.1 Å². The number of carbonyl (C=O) groups excluding carboxylic acids is 1. The normalized spacial score (nSPS) is 17.7. The van der Waals surface area contributed by atoms with Gasteiger partial charge in [-0.2, -0.15) is 10.4 Å². The molecule has 2 aromatic carbocycles. The minimum atomic E-state index is -0.537. The second kappa shape index (κ2) is 13.2. The molecular weight excluding hydrogens is 587 g/mol. The number of ether oxygens (including phenoxy) is 2. The fraction of sp³-hybridized carbons (Fsp3) is 0.382. The van der Waals surface area contributed by atoms with Crippen molar-refractivity contribution in [3.63, 3.8) is 0 Å². The van der Waals surface area contributed by atoms with Gasteiger partial charge >= 0.3 is 0 Å². The fourth-order valence-corrected chi connectivity index (χ4v) is 6.20. The number of hydrogen-bond donors (Lipinski definition) is 1. The molecule has 2 N–H and O–H groups in total. The van der Waals surface area contributed by atoms with Gasteiger partial charge in [0.25, 0.3) is 5.91 Å². The van der Waals surface area contributed by atoms with Gasteiger partial charge in [0.05, 0.1) is 31.2 Å². The Balaban J connectivity index is 1.24. The van der Waals surface area contributed by atoms with Crippen molar-refractivity contribution in [1.29, 1.82) is 5.26 Å². The van der Waals surface area contributed by atoms with Crippen LogP contribution in [0.4, 0.5) is 10.2 Å². The number of anilines is 1. The number of aromatic nitrogens is 4. The lowest BCUT2D eigenvalue weighted by Crippen LogP contribution is -2.49. The van der Waals surface area contributed by atoms with Crippen molar-refractivity contribution < 1.29 is 18.7 Å². The number of likely N-dealkylation sites (tertiary alicyclic amines) is 1. The van der Waals surface area contributed by atoms with Crippen molar-refractivity contribution in [1.82, 2.24) is 29.5 Å². The van der Waals surface area contributed by atoms with Crippen LogP contribution in [-0.2, 0) is 16.1 Å². The molecule has 2 aromatic heterocycles. The van der Waals surface area contributed by atoms with Gasteiger partial charge in [-0.15, -0.1) is 0 Å². The maximum atomic E-state index is 15.6. The van der Waals surface area contributed by atoms with Gasteiger partial charge in [0, 0.05) is 36.8 Å². The zero-order valence-corrected chi connectivity index (χ0v) is 26.0. The minimum Gasteiger partial charge on any atom is -0.457 e. The summed E-state index contributed by atoms with van der Waals surface area (Å²) in [6.45, 7) is 8.04. The Morgan fingerprint density at radius 3 is 2.67 bits per heavy atom. The number of nitrogen functional groups attached to an aromatic ring is 1. The third-order valence-electron chi connectivity index (χ3n) is 8.78. The molecule has 2 fully saturated rings. The lowest BCUT2D eigenvalue weighted by molar-refractivity contribution is -0.127. The summed E-state index contributed by atoms with van der Waals surface area (Å²) in [7, 11) is 0. The molecule has 4 aromatic rings. The van der Waals surface area contributed by atoms with Gasteiger partial charge in [0.1, 0.15) is 46.8 Å². The first-order chi connectivity index (χ1) is 22.2. The number of para-hydroxylation sites is 1. The molecule has 4 heterocycles. The Bertz CT molecular complexity index is 1790. The standard InChI is InChI=1S/C34H37FN8O3/c1-34(2,41-15-17-45-18-16-41)13-12-23(20-36)33(44)42-14-6-7-24(42)21-43-32-29(31(37)38-22-39-32)30(40-43)27-11-10-26(19-28(27)35)46-25-8-4-3-5-9-25/h3-5,8-12,19,22,24H,6-7,13-18,21H2,1-2H3,(H2,37,38,39)/b23-12+/t24-/m1/s1. The van der Waals surface area contributed by atoms with E-state index in [1.807, 2.05) is 18.2 Å². The largest absolute Gasteiger partial charge is 0.457 e. The van der Waals surface area contributed by atoms with Crippen molar-refractivity contribution in [2.24, 2.45) is 0 Å². The molecule has 1 amide bonds. The molecule has 2 saturated heterocycles. The van der Waals surface area contributed by atoms with E-state index in [9.17, 15) is 10.1 Å². The van der Waals surface area contributed by atoms with E-state index in [1.165, 1.54) is 12.4 Å². The predicted molar refractivity (Wildman–Crippen MR) is 171 cm³/mol. The first-order valence-electron chi connectivity index (χ1n) is 15.5. The molecule has 0 saturated carbocycles. The molecule has 238 valence electrons. The van der Waals surface area contributed by atoms with Crippen LogP contribution in [0.3, 0.4) is 0 Å². The third-order valence-corrected chi connectivity index (χ3v) is 8.78. The number of halogens is 1. The van der Waals surface area contributed by atoms with Gasteiger partial charge in [-0.1, -0.05) is 24.3 Å². The van der Waals surface area contributed by atoms with Gasteiger partial charge in [-0.05, 0) is 57.4 Å². The van der Waals surface area contributed by atoms with E-state index in [4.69, 9.17) is 20.3 Å². The van der Waals surface area contributed by atoms with Gasteiger partial charge in [0.2, 0.25) is 0 Å². The van der Waals surface area contributed by atoms with Gasteiger partial charge in [-0.3, -0.25) is 9.69 Å². The summed E-state index contributed by atoms with van der Waals surface area (Å²) < 4.78 is 28.5. The van der Waals surface area contributed by atoms with Crippen molar-refractivity contribution in [3.8, 4) is 28.8 Å². The smallest absolute Gasteiger partial charge is 0.264 e. The molecular formula is C34H37FN8O3. The molecule has 0 bridgehead atoms. The van der Waals surface area contributed by atoms with E-state index in [2.05, 4.69) is 34.8 Å². The molecule has 1 atom stereocenters. The highest BCUT2D eigenvalue weighted by molar-refractivity contribution is 5.99. The number of hydrogen-bond acceptors (Lipinski definition) is 9. The van der Waals surface area contributed by atoms with Crippen LogP contribution in [0.5, 0.6) is 11.5 Å². The van der Waals surface area contributed by atoms with Crippen molar-refractivity contribution in [2.45, 2.75) is 51.2 Å². The molecule has 2 aliphatic rings. The lowest BCUT2D eigenvalue weighted by atomic mass is 9.95. The Morgan fingerprint density at radius 2 is 1.93 bits per heavy atom. The van der Waals surface area contributed by atoms with Crippen LogP contribution in [-0.4, -0.2) is 79.9 Å². The summed E-state index contributed by atoms with van der Waals surface area (Å²) in [6, 6.07) is 15.6. The SMILES string of the molecule is CC(C)(C/C=C(\C#N)C(=O)N1CCC[C@@H]1Cn1nc(-c2ccc(Oc3ccccc3)cc2F)c2c(N)ncnc21)N1CCOCC1. The highest BCUT2D eigenvalue weighted by Crippen LogP contribution is 2.35. The van der Waals surface area contributed by atoms with Crippen molar-refractivity contribution in [3.05, 3.63) is 72.3 Å². The van der Waals surface area contributed by atoms with Crippen LogP contribution in [0.25, 0.3) is 22.3 Å². The number of nitrogens with two attached hydrogens (primary N) is 1. The van der Waals surface area contributed by atoms with Crippen LogP contribution in [0, 0.1) is 17.1 Å². The average Bonchev–Trinajstić information content (AvgIpc) is 3.68. The highest BCUT2D eigenvalue weighted by atomic mass is 19.1. The quantitative estimate of drug-likeness (QED) is 0.203. The topological polar surface area (TPSA) is 135 Å². The van der Waals surface area contributed by atoms with Crippen molar-refractivity contribution >= 4 is 22.8 Å². The first kappa shape index (κ1) is 31.1. The van der Waals surface area contributed by atoms with Gasteiger partial charge in [0.15, 0.2) is 5.65 Å². The number of carbonyl (C=O) groups is 1. The van der Waals surface area contributed by atoms with Gasteiger partial charge < -0.3 is 20.1 Å². The van der Waals surface area contributed by atoms with Crippen LogP contribution < -0.4 is 10.5 Å². The Hall–Kier alpha value is -4.86. The summed E-state index contributed by atoms with van der Waals surface area (Å²) in [6.07, 6.45) is 5.17. The maximum absolute atomic E-state index is 15.6. The van der Waals surface area contributed by atoms with Crippen molar-refractivity contribution in [2.75, 3.05) is 38.6 Å². The molecule has 0 aliphatic carbocycles. The minimum absolute atomic E-state index is 0.130. The molecule has 0 spiro atoms.